The van der Waals surface area contributed by atoms with Gasteiger partial charge in [-0.05, 0) is 50.2 Å². The summed E-state index contributed by atoms with van der Waals surface area (Å²) in [5.74, 6) is 1.09. The molecule has 1 aromatic heterocycles. The molecule has 0 bridgehead atoms. The molecule has 0 saturated carbocycles. The van der Waals surface area contributed by atoms with Crippen LogP contribution in [0.15, 0.2) is 17.5 Å². The molecule has 2 rings (SSSR count). The zero-order valence-corrected chi connectivity index (χ0v) is 11.8. The SMILES string of the molecule is CNCCC1CCN(C(=O)Cc2cccs2)CC1. The largest absolute Gasteiger partial charge is 0.342 e. The molecule has 1 N–H and O–H groups in total. The lowest BCUT2D eigenvalue weighted by Gasteiger charge is -2.32. The number of likely N-dealkylation sites (tertiary alicyclic amines) is 1. The maximum Gasteiger partial charge on any atom is 0.227 e. The molecule has 1 amide bonds. The number of nitrogens with one attached hydrogen (secondary N) is 1. The summed E-state index contributed by atoms with van der Waals surface area (Å²) in [6.45, 7) is 2.98. The predicted molar refractivity (Wildman–Crippen MR) is 75.9 cm³/mol. The minimum Gasteiger partial charge on any atom is -0.342 e. The molecule has 1 aliphatic rings. The topological polar surface area (TPSA) is 32.3 Å². The molecule has 1 aromatic rings. The Labute approximate surface area is 113 Å². The summed E-state index contributed by atoms with van der Waals surface area (Å²) in [7, 11) is 2.00. The maximum atomic E-state index is 12.1. The van der Waals surface area contributed by atoms with Crippen LogP contribution in [0.2, 0.25) is 0 Å². The molecule has 0 atom stereocenters. The van der Waals surface area contributed by atoms with E-state index in [-0.39, 0.29) is 0 Å². The van der Waals surface area contributed by atoms with E-state index in [1.54, 1.807) is 11.3 Å². The van der Waals surface area contributed by atoms with Gasteiger partial charge in [0.1, 0.15) is 0 Å². The highest BCUT2D eigenvalue weighted by Gasteiger charge is 2.22. The van der Waals surface area contributed by atoms with E-state index in [0.29, 0.717) is 12.3 Å². The van der Waals surface area contributed by atoms with Gasteiger partial charge in [-0.2, -0.15) is 0 Å². The van der Waals surface area contributed by atoms with Gasteiger partial charge < -0.3 is 10.2 Å². The summed E-state index contributed by atoms with van der Waals surface area (Å²) in [6, 6.07) is 4.06. The highest BCUT2D eigenvalue weighted by molar-refractivity contribution is 7.10. The summed E-state index contributed by atoms with van der Waals surface area (Å²) in [5.41, 5.74) is 0. The summed E-state index contributed by atoms with van der Waals surface area (Å²) < 4.78 is 0. The third kappa shape index (κ3) is 3.82. The van der Waals surface area contributed by atoms with Crippen molar-refractivity contribution in [2.45, 2.75) is 25.7 Å². The van der Waals surface area contributed by atoms with Crippen LogP contribution in [0.1, 0.15) is 24.1 Å². The van der Waals surface area contributed by atoms with Crippen LogP contribution in [0.4, 0.5) is 0 Å². The van der Waals surface area contributed by atoms with E-state index in [0.717, 1.165) is 38.4 Å². The maximum absolute atomic E-state index is 12.1. The standard InChI is InChI=1S/C14H22N2OS/c1-15-7-4-12-5-8-16(9-6-12)14(17)11-13-3-2-10-18-13/h2-3,10,12,15H,4-9,11H2,1H3. The molecule has 1 fully saturated rings. The number of rotatable bonds is 5. The van der Waals surface area contributed by atoms with E-state index in [9.17, 15) is 4.79 Å². The fourth-order valence-electron chi connectivity index (χ4n) is 2.49. The number of nitrogens with zero attached hydrogens (tertiary/aromatic N) is 1. The van der Waals surface area contributed by atoms with Gasteiger partial charge in [0.05, 0.1) is 6.42 Å². The van der Waals surface area contributed by atoms with Crippen LogP contribution >= 0.6 is 11.3 Å². The van der Waals surface area contributed by atoms with Gasteiger partial charge >= 0.3 is 0 Å². The molecule has 4 heteroatoms. The molecule has 0 aromatic carbocycles. The summed E-state index contributed by atoms with van der Waals surface area (Å²) >= 11 is 1.67. The zero-order chi connectivity index (χ0) is 12.8. The second kappa shape index (κ2) is 6.90. The number of carbonyl (C=O) groups excluding carboxylic acids is 1. The summed E-state index contributed by atoms with van der Waals surface area (Å²) in [5, 5.41) is 5.23. The van der Waals surface area contributed by atoms with E-state index in [1.165, 1.54) is 11.3 Å². The smallest absolute Gasteiger partial charge is 0.227 e. The van der Waals surface area contributed by atoms with Gasteiger partial charge in [0, 0.05) is 18.0 Å². The number of hydrogen-bond acceptors (Lipinski definition) is 3. The van der Waals surface area contributed by atoms with Crippen molar-refractivity contribution in [2.24, 2.45) is 5.92 Å². The van der Waals surface area contributed by atoms with Crippen LogP contribution in [-0.4, -0.2) is 37.5 Å². The first-order valence-corrected chi connectivity index (χ1v) is 7.62. The lowest BCUT2D eigenvalue weighted by molar-refractivity contribution is -0.131. The molecule has 0 aliphatic carbocycles. The molecule has 1 saturated heterocycles. The second-order valence-corrected chi connectivity index (χ2v) is 6.00. The van der Waals surface area contributed by atoms with E-state index in [1.807, 2.05) is 29.5 Å². The van der Waals surface area contributed by atoms with Gasteiger partial charge in [-0.15, -0.1) is 11.3 Å². The van der Waals surface area contributed by atoms with E-state index >= 15 is 0 Å². The third-order valence-corrected chi connectivity index (χ3v) is 4.55. The molecule has 3 nitrogen and oxygen atoms in total. The second-order valence-electron chi connectivity index (χ2n) is 4.97. The summed E-state index contributed by atoms with van der Waals surface area (Å²) in [4.78, 5) is 15.3. The fraction of sp³-hybridized carbons (Fsp3) is 0.643. The van der Waals surface area contributed by atoms with Gasteiger partial charge in [0.15, 0.2) is 0 Å². The first kappa shape index (κ1) is 13.6. The van der Waals surface area contributed by atoms with Gasteiger partial charge in [0.2, 0.25) is 5.91 Å². The number of piperidine rings is 1. The lowest BCUT2D eigenvalue weighted by atomic mass is 9.93. The van der Waals surface area contributed by atoms with Crippen molar-refractivity contribution >= 4 is 17.2 Å². The van der Waals surface area contributed by atoms with Gasteiger partial charge in [-0.25, -0.2) is 0 Å². The van der Waals surface area contributed by atoms with Crippen LogP contribution in [0.3, 0.4) is 0 Å². The quantitative estimate of drug-likeness (QED) is 0.885. The molecular weight excluding hydrogens is 244 g/mol. The monoisotopic (exact) mass is 266 g/mol. The van der Waals surface area contributed by atoms with Gasteiger partial charge in [-0.3, -0.25) is 4.79 Å². The van der Waals surface area contributed by atoms with Crippen LogP contribution in [-0.2, 0) is 11.2 Å². The Kier molecular flexibility index (Phi) is 5.20. The van der Waals surface area contributed by atoms with E-state index in [2.05, 4.69) is 5.32 Å². The lowest BCUT2D eigenvalue weighted by Crippen LogP contribution is -2.39. The fourth-order valence-corrected chi connectivity index (χ4v) is 3.19. The van der Waals surface area contributed by atoms with Crippen molar-refractivity contribution in [1.29, 1.82) is 0 Å². The molecule has 100 valence electrons. The van der Waals surface area contributed by atoms with E-state index in [4.69, 9.17) is 0 Å². The van der Waals surface area contributed by atoms with Crippen LogP contribution in [0.25, 0.3) is 0 Å². The Bertz CT molecular complexity index is 356. The van der Waals surface area contributed by atoms with E-state index < -0.39 is 0 Å². The molecular formula is C14H22N2OS. The van der Waals surface area contributed by atoms with Crippen molar-refractivity contribution in [3.8, 4) is 0 Å². The Balaban J connectivity index is 1.73. The minimum absolute atomic E-state index is 0.296. The third-order valence-electron chi connectivity index (χ3n) is 3.68. The Hall–Kier alpha value is -0.870. The molecule has 0 radical (unpaired) electrons. The average molecular weight is 266 g/mol. The molecule has 2 heterocycles. The van der Waals surface area contributed by atoms with Crippen LogP contribution in [0, 0.1) is 5.92 Å². The summed E-state index contributed by atoms with van der Waals surface area (Å²) in [6.07, 6.45) is 4.15. The van der Waals surface area contributed by atoms with Crippen molar-refractivity contribution in [2.75, 3.05) is 26.7 Å². The number of carbonyl (C=O) groups is 1. The predicted octanol–water partition coefficient (Wildman–Crippen LogP) is 2.14. The van der Waals surface area contributed by atoms with Crippen LogP contribution < -0.4 is 5.32 Å². The minimum atomic E-state index is 0.296. The Morgan fingerprint density at radius 1 is 1.50 bits per heavy atom. The van der Waals surface area contributed by atoms with Crippen LogP contribution in [0.5, 0.6) is 0 Å². The highest BCUT2D eigenvalue weighted by atomic mass is 32.1. The Morgan fingerprint density at radius 2 is 2.28 bits per heavy atom. The zero-order valence-electron chi connectivity index (χ0n) is 11.0. The molecule has 18 heavy (non-hydrogen) atoms. The van der Waals surface area contributed by atoms with Crippen molar-refractivity contribution in [3.63, 3.8) is 0 Å². The van der Waals surface area contributed by atoms with Gasteiger partial charge in [0.25, 0.3) is 0 Å². The van der Waals surface area contributed by atoms with Crippen molar-refractivity contribution in [3.05, 3.63) is 22.4 Å². The highest BCUT2D eigenvalue weighted by Crippen LogP contribution is 2.21. The molecule has 0 unspecified atom stereocenters. The number of thiophene rings is 1. The Morgan fingerprint density at radius 3 is 2.89 bits per heavy atom. The molecule has 1 aliphatic heterocycles. The molecule has 0 spiro atoms. The normalized spacial score (nSPS) is 17.1. The van der Waals surface area contributed by atoms with Crippen molar-refractivity contribution < 1.29 is 4.79 Å². The van der Waals surface area contributed by atoms with Gasteiger partial charge in [-0.1, -0.05) is 6.07 Å². The van der Waals surface area contributed by atoms with Crippen molar-refractivity contribution in [1.82, 2.24) is 10.2 Å². The number of hydrogen-bond donors (Lipinski definition) is 1. The first-order valence-electron chi connectivity index (χ1n) is 6.74. The number of amides is 1. The first-order chi connectivity index (χ1) is 8.79. The average Bonchev–Trinajstić information content (AvgIpc) is 2.89.